The second-order valence-corrected chi connectivity index (χ2v) is 8.96. The van der Waals surface area contributed by atoms with E-state index in [9.17, 15) is 21.6 Å². The van der Waals surface area contributed by atoms with E-state index in [0.717, 1.165) is 30.0 Å². The highest BCUT2D eigenvalue weighted by Gasteiger charge is 2.38. The number of hydrogen-bond donors (Lipinski definition) is 0. The molecule has 158 valence electrons. The van der Waals surface area contributed by atoms with Crippen LogP contribution in [0.15, 0.2) is 48.7 Å². The van der Waals surface area contributed by atoms with Crippen LogP contribution < -0.4 is 9.04 Å². The fourth-order valence-corrected chi connectivity index (χ4v) is 4.68. The predicted molar refractivity (Wildman–Crippen MR) is 104 cm³/mol. The Bertz CT molecular complexity index is 881. The molecule has 1 aromatic heterocycles. The highest BCUT2D eigenvalue weighted by atomic mass is 32.2. The quantitative estimate of drug-likeness (QED) is 0.642. The molecule has 0 atom stereocenters. The van der Waals surface area contributed by atoms with Gasteiger partial charge in [-0.1, -0.05) is 12.5 Å². The zero-order valence-electron chi connectivity index (χ0n) is 15.8. The van der Waals surface area contributed by atoms with E-state index in [0.29, 0.717) is 11.4 Å². The molecule has 0 N–H and O–H groups in total. The van der Waals surface area contributed by atoms with Gasteiger partial charge in [-0.05, 0) is 62.1 Å². The fourth-order valence-electron chi connectivity index (χ4n) is 3.34. The molecule has 1 fully saturated rings. The average molecular weight is 428 g/mol. The Balaban J connectivity index is 1.83. The van der Waals surface area contributed by atoms with Gasteiger partial charge >= 0.3 is 6.18 Å². The Hall–Kier alpha value is -2.29. The van der Waals surface area contributed by atoms with Crippen molar-refractivity contribution >= 4 is 15.7 Å². The van der Waals surface area contributed by atoms with E-state index in [4.69, 9.17) is 4.74 Å². The second-order valence-electron chi connectivity index (χ2n) is 7.07. The lowest BCUT2D eigenvalue weighted by Gasteiger charge is -2.26. The average Bonchev–Trinajstić information content (AvgIpc) is 2.67. The summed E-state index contributed by atoms with van der Waals surface area (Å²) in [5.41, 5.74) is 0.483. The van der Waals surface area contributed by atoms with Gasteiger partial charge in [0.05, 0.1) is 24.0 Å². The Morgan fingerprint density at radius 2 is 1.72 bits per heavy atom. The highest BCUT2D eigenvalue weighted by Crippen LogP contribution is 2.29. The number of benzene rings is 1. The van der Waals surface area contributed by atoms with Crippen LogP contribution in [0, 0.1) is 0 Å². The lowest BCUT2D eigenvalue weighted by Crippen LogP contribution is -2.37. The van der Waals surface area contributed by atoms with Crippen LogP contribution in [-0.4, -0.2) is 31.4 Å². The summed E-state index contributed by atoms with van der Waals surface area (Å²) in [5.74, 6) is -1.36. The van der Waals surface area contributed by atoms with Gasteiger partial charge in [0.15, 0.2) is 5.75 Å². The van der Waals surface area contributed by atoms with Crippen molar-refractivity contribution in [1.82, 2.24) is 4.98 Å². The summed E-state index contributed by atoms with van der Waals surface area (Å²) in [5, 5.41) is 0. The molecule has 29 heavy (non-hydrogen) atoms. The SMILES string of the molecule is O=S(=O)(CC(F)(F)F)N(Cc1ccccn1)c1ccc(OC2CCCCC2)cc1. The monoisotopic (exact) mass is 428 g/mol. The van der Waals surface area contributed by atoms with E-state index in [1.54, 1.807) is 30.3 Å². The third kappa shape index (κ3) is 6.35. The van der Waals surface area contributed by atoms with Crippen LogP contribution in [0.3, 0.4) is 0 Å². The first-order chi connectivity index (χ1) is 13.7. The van der Waals surface area contributed by atoms with Gasteiger partial charge in [-0.25, -0.2) is 8.42 Å². The minimum Gasteiger partial charge on any atom is -0.490 e. The van der Waals surface area contributed by atoms with Gasteiger partial charge in [-0.2, -0.15) is 13.2 Å². The Morgan fingerprint density at radius 1 is 1.03 bits per heavy atom. The molecule has 2 aromatic rings. The molecule has 1 saturated carbocycles. The van der Waals surface area contributed by atoms with Crippen LogP contribution >= 0.6 is 0 Å². The molecule has 1 heterocycles. The molecule has 0 aliphatic heterocycles. The van der Waals surface area contributed by atoms with E-state index in [1.165, 1.54) is 24.8 Å². The van der Waals surface area contributed by atoms with Crippen molar-refractivity contribution in [2.75, 3.05) is 10.1 Å². The van der Waals surface area contributed by atoms with Crippen LogP contribution in [-0.2, 0) is 16.6 Å². The van der Waals surface area contributed by atoms with Gasteiger partial charge in [0.2, 0.25) is 10.0 Å². The summed E-state index contributed by atoms with van der Waals surface area (Å²) in [7, 11) is -4.64. The zero-order valence-corrected chi connectivity index (χ0v) is 16.6. The van der Waals surface area contributed by atoms with E-state index < -0.39 is 22.0 Å². The standard InChI is InChI=1S/C20H23F3N2O3S/c21-20(22,23)15-29(26,27)25(14-16-6-4-5-13-24-16)17-9-11-19(12-10-17)28-18-7-2-1-3-8-18/h4-6,9-13,18H,1-3,7-8,14-15H2. The first-order valence-electron chi connectivity index (χ1n) is 9.47. The largest absolute Gasteiger partial charge is 0.490 e. The van der Waals surface area contributed by atoms with Crippen LogP contribution in [0.25, 0.3) is 0 Å². The zero-order chi connectivity index (χ0) is 20.9. The second kappa shape index (κ2) is 9.02. The van der Waals surface area contributed by atoms with Gasteiger partial charge in [-0.15, -0.1) is 0 Å². The molecule has 3 rings (SSSR count). The number of aromatic nitrogens is 1. The van der Waals surface area contributed by atoms with Gasteiger partial charge in [0.25, 0.3) is 0 Å². The molecule has 0 radical (unpaired) electrons. The summed E-state index contributed by atoms with van der Waals surface area (Å²) < 4.78 is 70.2. The lowest BCUT2D eigenvalue weighted by atomic mass is 9.98. The molecular weight excluding hydrogens is 405 g/mol. The normalized spacial score (nSPS) is 15.8. The summed E-state index contributed by atoms with van der Waals surface area (Å²) in [6, 6.07) is 11.0. The minimum absolute atomic E-state index is 0.119. The molecule has 0 amide bonds. The first kappa shape index (κ1) is 21.4. The minimum atomic E-state index is -4.84. The number of anilines is 1. The van der Waals surface area contributed by atoms with E-state index in [1.807, 2.05) is 0 Å². The molecule has 0 bridgehead atoms. The highest BCUT2D eigenvalue weighted by molar-refractivity contribution is 7.92. The topological polar surface area (TPSA) is 59.5 Å². The Labute approximate surface area is 168 Å². The number of sulfonamides is 1. The number of alkyl halides is 3. The molecule has 9 heteroatoms. The third-order valence-corrected chi connectivity index (χ3v) is 6.40. The van der Waals surface area contributed by atoms with E-state index in [2.05, 4.69) is 4.98 Å². The first-order valence-corrected chi connectivity index (χ1v) is 11.1. The molecule has 1 aromatic carbocycles. The molecule has 0 unspecified atom stereocenters. The van der Waals surface area contributed by atoms with Crippen molar-refractivity contribution < 1.29 is 26.3 Å². The third-order valence-electron chi connectivity index (χ3n) is 4.69. The van der Waals surface area contributed by atoms with Gasteiger partial charge < -0.3 is 4.74 Å². The molecule has 1 aliphatic carbocycles. The molecule has 0 spiro atoms. The molecule has 0 saturated heterocycles. The Morgan fingerprint density at radius 3 is 2.31 bits per heavy atom. The molecular formula is C20H23F3N2O3S. The number of ether oxygens (including phenoxy) is 1. The van der Waals surface area contributed by atoms with Crippen molar-refractivity contribution in [2.24, 2.45) is 0 Å². The smallest absolute Gasteiger partial charge is 0.404 e. The van der Waals surface area contributed by atoms with E-state index >= 15 is 0 Å². The predicted octanol–water partition coefficient (Wildman–Crippen LogP) is 4.69. The van der Waals surface area contributed by atoms with Gasteiger partial charge in [-0.3, -0.25) is 9.29 Å². The van der Waals surface area contributed by atoms with Crippen LogP contribution in [0.1, 0.15) is 37.8 Å². The maximum atomic E-state index is 12.8. The number of rotatable bonds is 7. The summed E-state index contributed by atoms with van der Waals surface area (Å²) in [4.78, 5) is 4.04. The Kier molecular flexibility index (Phi) is 6.66. The number of pyridine rings is 1. The summed E-state index contributed by atoms with van der Waals surface area (Å²) >= 11 is 0. The maximum absolute atomic E-state index is 12.8. The summed E-state index contributed by atoms with van der Waals surface area (Å²) in [6.45, 7) is -0.290. The number of hydrogen-bond acceptors (Lipinski definition) is 4. The van der Waals surface area contributed by atoms with Crippen molar-refractivity contribution in [3.05, 3.63) is 54.4 Å². The maximum Gasteiger partial charge on any atom is 0.404 e. The van der Waals surface area contributed by atoms with Crippen LogP contribution in [0.2, 0.25) is 0 Å². The fraction of sp³-hybridized carbons (Fsp3) is 0.450. The van der Waals surface area contributed by atoms with Gasteiger partial charge in [0.1, 0.15) is 5.75 Å². The summed E-state index contributed by atoms with van der Waals surface area (Å²) in [6.07, 6.45) is 2.08. The van der Waals surface area contributed by atoms with Crippen molar-refractivity contribution in [3.63, 3.8) is 0 Å². The van der Waals surface area contributed by atoms with Gasteiger partial charge in [0, 0.05) is 6.20 Å². The number of nitrogens with zero attached hydrogens (tertiary/aromatic N) is 2. The van der Waals surface area contributed by atoms with Crippen molar-refractivity contribution in [2.45, 2.75) is 50.9 Å². The van der Waals surface area contributed by atoms with E-state index in [-0.39, 0.29) is 18.3 Å². The molecule has 5 nitrogen and oxygen atoms in total. The van der Waals surface area contributed by atoms with Crippen molar-refractivity contribution in [3.8, 4) is 5.75 Å². The van der Waals surface area contributed by atoms with Crippen LogP contribution in [0.5, 0.6) is 5.75 Å². The number of halogens is 3. The van der Waals surface area contributed by atoms with Crippen LogP contribution in [0.4, 0.5) is 18.9 Å². The van der Waals surface area contributed by atoms with Crippen molar-refractivity contribution in [1.29, 1.82) is 0 Å². The molecule has 1 aliphatic rings. The lowest BCUT2D eigenvalue weighted by molar-refractivity contribution is -0.106.